The maximum atomic E-state index is 13.1. The van der Waals surface area contributed by atoms with E-state index in [4.69, 9.17) is 16.1 Å². The molecule has 0 aliphatic rings. The van der Waals surface area contributed by atoms with Gasteiger partial charge in [-0.2, -0.15) is 4.98 Å². The molecule has 2 rings (SSSR count). The molecule has 1 unspecified atom stereocenters. The minimum absolute atomic E-state index is 0.0125. The zero-order valence-corrected chi connectivity index (χ0v) is 11.2. The Hall–Kier alpha value is -1.75. The Kier molecular flexibility index (Phi) is 3.95. The van der Waals surface area contributed by atoms with Crippen molar-refractivity contribution in [3.8, 4) is 11.4 Å². The van der Waals surface area contributed by atoms with Gasteiger partial charge in [-0.3, -0.25) is 4.79 Å². The van der Waals surface area contributed by atoms with Crippen LogP contribution in [0.15, 0.2) is 22.7 Å². The summed E-state index contributed by atoms with van der Waals surface area (Å²) >= 11 is 5.69. The van der Waals surface area contributed by atoms with Gasteiger partial charge >= 0.3 is 0 Å². The second-order valence-electron chi connectivity index (χ2n) is 4.13. The third-order valence-electron chi connectivity index (χ3n) is 2.82. The molecule has 0 saturated heterocycles. The highest BCUT2D eigenvalue weighted by molar-refractivity contribution is 6.31. The summed E-state index contributed by atoms with van der Waals surface area (Å²) in [7, 11) is 0. The van der Waals surface area contributed by atoms with Crippen molar-refractivity contribution in [2.24, 2.45) is 0 Å². The lowest BCUT2D eigenvalue weighted by atomic mass is 10.1. The molecule has 0 spiro atoms. The first-order chi connectivity index (χ1) is 9.02. The summed E-state index contributed by atoms with van der Waals surface area (Å²) < 4.78 is 18.1. The number of aromatic nitrogens is 2. The Bertz CT molecular complexity index is 612. The molecule has 0 aliphatic heterocycles. The lowest BCUT2D eigenvalue weighted by Crippen LogP contribution is -2.07. The summed E-state index contributed by atoms with van der Waals surface area (Å²) in [4.78, 5) is 15.7. The van der Waals surface area contributed by atoms with Gasteiger partial charge in [0.15, 0.2) is 0 Å². The Morgan fingerprint density at radius 3 is 2.89 bits per heavy atom. The molecule has 4 nitrogen and oxygen atoms in total. The van der Waals surface area contributed by atoms with E-state index in [2.05, 4.69) is 10.1 Å². The van der Waals surface area contributed by atoms with E-state index < -0.39 is 11.7 Å². The monoisotopic (exact) mass is 282 g/mol. The van der Waals surface area contributed by atoms with Gasteiger partial charge in [0, 0.05) is 12.0 Å². The SMILES string of the molecule is CCC(=O)C(C)c1nc(-c2ccc(F)c(Cl)c2)no1. The average molecular weight is 283 g/mol. The van der Waals surface area contributed by atoms with Crippen LogP contribution in [0.1, 0.15) is 32.1 Å². The molecule has 1 heterocycles. The molecule has 0 saturated carbocycles. The summed E-state index contributed by atoms with van der Waals surface area (Å²) in [6, 6.07) is 4.15. The number of ketones is 1. The van der Waals surface area contributed by atoms with Crippen LogP contribution in [0.25, 0.3) is 11.4 Å². The van der Waals surface area contributed by atoms with Crippen molar-refractivity contribution in [2.75, 3.05) is 0 Å². The van der Waals surface area contributed by atoms with Crippen molar-refractivity contribution < 1.29 is 13.7 Å². The van der Waals surface area contributed by atoms with Gasteiger partial charge < -0.3 is 4.52 Å². The van der Waals surface area contributed by atoms with Crippen molar-refractivity contribution in [1.29, 1.82) is 0 Å². The lowest BCUT2D eigenvalue weighted by molar-refractivity contribution is -0.120. The maximum Gasteiger partial charge on any atom is 0.237 e. The summed E-state index contributed by atoms with van der Waals surface area (Å²) in [6.45, 7) is 3.48. The highest BCUT2D eigenvalue weighted by atomic mass is 35.5. The van der Waals surface area contributed by atoms with Crippen molar-refractivity contribution in [3.05, 3.63) is 34.9 Å². The van der Waals surface area contributed by atoms with Crippen LogP contribution in [-0.2, 0) is 4.79 Å². The van der Waals surface area contributed by atoms with Gasteiger partial charge in [-0.05, 0) is 25.1 Å². The molecule has 1 atom stereocenters. The largest absolute Gasteiger partial charge is 0.338 e. The minimum Gasteiger partial charge on any atom is -0.338 e. The highest BCUT2D eigenvalue weighted by Crippen LogP contribution is 2.24. The number of rotatable bonds is 4. The molecule has 2 aromatic rings. The van der Waals surface area contributed by atoms with Crippen molar-refractivity contribution in [2.45, 2.75) is 26.2 Å². The van der Waals surface area contributed by atoms with Crippen LogP contribution in [0.2, 0.25) is 5.02 Å². The van der Waals surface area contributed by atoms with E-state index in [1.165, 1.54) is 18.2 Å². The number of hydrogen-bond donors (Lipinski definition) is 0. The molecule has 0 radical (unpaired) electrons. The van der Waals surface area contributed by atoms with Gasteiger partial charge in [0.1, 0.15) is 11.6 Å². The molecule has 6 heteroatoms. The molecular formula is C13H12ClFN2O2. The smallest absolute Gasteiger partial charge is 0.237 e. The van der Waals surface area contributed by atoms with E-state index in [0.29, 0.717) is 12.0 Å². The topological polar surface area (TPSA) is 56.0 Å². The number of hydrogen-bond acceptors (Lipinski definition) is 4. The van der Waals surface area contributed by atoms with Crippen molar-refractivity contribution in [1.82, 2.24) is 10.1 Å². The number of benzene rings is 1. The third kappa shape index (κ3) is 2.81. The maximum absolute atomic E-state index is 13.1. The first kappa shape index (κ1) is 13.7. The number of carbonyl (C=O) groups is 1. The van der Waals surface area contributed by atoms with Crippen LogP contribution >= 0.6 is 11.6 Å². The zero-order chi connectivity index (χ0) is 14.0. The molecule has 19 heavy (non-hydrogen) atoms. The van der Waals surface area contributed by atoms with Crippen LogP contribution in [0, 0.1) is 5.82 Å². The normalized spacial score (nSPS) is 12.4. The van der Waals surface area contributed by atoms with Crippen LogP contribution in [0.5, 0.6) is 0 Å². The van der Waals surface area contributed by atoms with Gasteiger partial charge in [-0.15, -0.1) is 0 Å². The zero-order valence-electron chi connectivity index (χ0n) is 10.5. The van der Waals surface area contributed by atoms with Gasteiger partial charge in [-0.25, -0.2) is 4.39 Å². The molecule has 100 valence electrons. The number of halogens is 2. The van der Waals surface area contributed by atoms with Crippen LogP contribution in [0.4, 0.5) is 4.39 Å². The van der Waals surface area contributed by atoms with E-state index in [-0.39, 0.29) is 22.5 Å². The molecule has 1 aromatic carbocycles. The third-order valence-corrected chi connectivity index (χ3v) is 3.11. The van der Waals surface area contributed by atoms with Crippen LogP contribution in [-0.4, -0.2) is 15.9 Å². The average Bonchev–Trinajstić information content (AvgIpc) is 2.89. The van der Waals surface area contributed by atoms with Crippen LogP contribution < -0.4 is 0 Å². The van der Waals surface area contributed by atoms with Gasteiger partial charge in [0.25, 0.3) is 0 Å². The fraction of sp³-hybridized carbons (Fsp3) is 0.308. The Labute approximate surface area is 114 Å². The summed E-state index contributed by atoms with van der Waals surface area (Å²) in [5.41, 5.74) is 0.539. The van der Waals surface area contributed by atoms with E-state index in [9.17, 15) is 9.18 Å². The number of Topliss-reactive ketones (excluding diaryl/α,β-unsaturated/α-hetero) is 1. The van der Waals surface area contributed by atoms with Gasteiger partial charge in [-0.1, -0.05) is 23.7 Å². The second-order valence-corrected chi connectivity index (χ2v) is 4.53. The van der Waals surface area contributed by atoms with Crippen molar-refractivity contribution >= 4 is 17.4 Å². The van der Waals surface area contributed by atoms with E-state index in [1.807, 2.05) is 0 Å². The Balaban J connectivity index is 2.30. The first-order valence-corrected chi connectivity index (χ1v) is 6.22. The quantitative estimate of drug-likeness (QED) is 0.859. The molecule has 0 bridgehead atoms. The van der Waals surface area contributed by atoms with Crippen LogP contribution in [0.3, 0.4) is 0 Å². The Morgan fingerprint density at radius 1 is 1.53 bits per heavy atom. The lowest BCUT2D eigenvalue weighted by Gasteiger charge is -2.01. The fourth-order valence-corrected chi connectivity index (χ4v) is 1.79. The predicted octanol–water partition coefficient (Wildman–Crippen LogP) is 3.61. The molecule has 1 aromatic heterocycles. The standard InChI is InChI=1S/C13H12ClFN2O2/c1-3-11(18)7(2)13-16-12(17-19-13)8-4-5-10(15)9(14)6-8/h4-7H,3H2,1-2H3. The number of nitrogens with zero attached hydrogens (tertiary/aromatic N) is 2. The van der Waals surface area contributed by atoms with Crippen molar-refractivity contribution in [3.63, 3.8) is 0 Å². The minimum atomic E-state index is -0.510. The molecule has 0 N–H and O–H groups in total. The van der Waals surface area contributed by atoms with E-state index in [0.717, 1.165) is 0 Å². The molecular weight excluding hydrogens is 271 g/mol. The number of carbonyl (C=O) groups excluding carboxylic acids is 1. The van der Waals surface area contributed by atoms with Gasteiger partial charge in [0.2, 0.25) is 11.7 Å². The molecule has 0 fully saturated rings. The summed E-state index contributed by atoms with van der Waals surface area (Å²) in [6.07, 6.45) is 0.404. The van der Waals surface area contributed by atoms with E-state index in [1.54, 1.807) is 13.8 Å². The Morgan fingerprint density at radius 2 is 2.26 bits per heavy atom. The molecule has 0 amide bonds. The van der Waals surface area contributed by atoms with E-state index >= 15 is 0 Å². The second kappa shape index (κ2) is 5.48. The highest BCUT2D eigenvalue weighted by Gasteiger charge is 2.20. The first-order valence-electron chi connectivity index (χ1n) is 5.84. The fourth-order valence-electron chi connectivity index (χ4n) is 1.61. The van der Waals surface area contributed by atoms with Gasteiger partial charge in [0.05, 0.1) is 10.9 Å². The summed E-state index contributed by atoms with van der Waals surface area (Å²) in [5.74, 6) is -0.395. The molecule has 0 aliphatic carbocycles. The predicted molar refractivity (Wildman–Crippen MR) is 68.4 cm³/mol. The summed E-state index contributed by atoms with van der Waals surface area (Å²) in [5, 5.41) is 3.76.